The van der Waals surface area contributed by atoms with Crippen LogP contribution in [0.25, 0.3) is 4.96 Å². The highest BCUT2D eigenvalue weighted by Crippen LogP contribution is 2.34. The van der Waals surface area contributed by atoms with Crippen molar-refractivity contribution in [2.45, 2.75) is 19.9 Å². The van der Waals surface area contributed by atoms with Gasteiger partial charge in [0.25, 0.3) is 0 Å². The van der Waals surface area contributed by atoms with E-state index < -0.39 is 6.09 Å². The predicted octanol–water partition coefficient (Wildman–Crippen LogP) is 4.00. The van der Waals surface area contributed by atoms with Crippen LogP contribution in [0.1, 0.15) is 23.5 Å². The fraction of sp³-hybridized carbons (Fsp3) is 0.214. The Bertz CT molecular complexity index is 830. The van der Waals surface area contributed by atoms with Crippen molar-refractivity contribution in [3.05, 3.63) is 46.2 Å². The lowest BCUT2D eigenvalue weighted by atomic mass is 10.2. The van der Waals surface area contributed by atoms with E-state index in [1.165, 1.54) is 16.2 Å². The topological polar surface area (TPSA) is 70.7 Å². The summed E-state index contributed by atoms with van der Waals surface area (Å²) in [5.41, 5.74) is 1.47. The third-order valence-corrected chi connectivity index (χ3v) is 4.90. The lowest BCUT2D eigenvalue weighted by Gasteiger charge is -2.26. The maximum atomic E-state index is 11.7. The fourth-order valence-corrected chi connectivity index (χ4v) is 3.74. The summed E-state index contributed by atoms with van der Waals surface area (Å²) in [6.07, 6.45) is -1.00. The number of amides is 1. The Morgan fingerprint density at radius 2 is 2.09 bits per heavy atom. The molecule has 0 radical (unpaired) electrons. The van der Waals surface area contributed by atoms with Crippen LogP contribution in [-0.2, 0) is 0 Å². The second kappa shape index (κ2) is 5.58. The van der Waals surface area contributed by atoms with E-state index in [2.05, 4.69) is 10.1 Å². The summed E-state index contributed by atoms with van der Waals surface area (Å²) in [6.45, 7) is 3.73. The van der Waals surface area contributed by atoms with Crippen molar-refractivity contribution >= 4 is 39.7 Å². The van der Waals surface area contributed by atoms with E-state index in [1.54, 1.807) is 16.6 Å². The highest BCUT2D eigenvalue weighted by atomic mass is 35.5. The average molecular weight is 337 g/mol. The van der Waals surface area contributed by atoms with Gasteiger partial charge in [-0.3, -0.25) is 4.90 Å². The largest absolute Gasteiger partial charge is 0.465 e. The Morgan fingerprint density at radius 1 is 1.41 bits per heavy atom. The summed E-state index contributed by atoms with van der Waals surface area (Å²) in [6, 6.07) is 8.67. The third kappa shape index (κ3) is 2.42. The zero-order valence-electron chi connectivity index (χ0n) is 11.9. The van der Waals surface area contributed by atoms with Crippen LogP contribution in [0.2, 0.25) is 5.28 Å². The summed E-state index contributed by atoms with van der Waals surface area (Å²) >= 11 is 7.19. The molecule has 0 aliphatic rings. The second-order valence-corrected chi connectivity index (χ2v) is 6.14. The average Bonchev–Trinajstić information content (AvgIpc) is 2.98. The minimum absolute atomic E-state index is 0.187. The molecule has 0 saturated carbocycles. The quantitative estimate of drug-likeness (QED) is 0.784. The maximum absolute atomic E-state index is 11.7. The van der Waals surface area contributed by atoms with E-state index in [1.807, 2.05) is 32.0 Å². The van der Waals surface area contributed by atoms with Crippen molar-refractivity contribution in [2.75, 3.05) is 4.90 Å². The van der Waals surface area contributed by atoms with E-state index in [0.717, 1.165) is 10.6 Å². The van der Waals surface area contributed by atoms with Crippen LogP contribution in [-0.4, -0.2) is 25.8 Å². The molecule has 1 atom stereocenters. The van der Waals surface area contributed by atoms with E-state index in [-0.39, 0.29) is 11.3 Å². The first kappa shape index (κ1) is 14.8. The number of anilines is 1. The molecule has 2 heterocycles. The summed E-state index contributed by atoms with van der Waals surface area (Å²) in [4.78, 5) is 18.7. The molecule has 22 heavy (non-hydrogen) atoms. The van der Waals surface area contributed by atoms with Crippen molar-refractivity contribution in [3.63, 3.8) is 0 Å². The van der Waals surface area contributed by atoms with E-state index in [9.17, 15) is 9.90 Å². The van der Waals surface area contributed by atoms with Crippen LogP contribution >= 0.6 is 22.9 Å². The molecule has 0 fully saturated rings. The summed E-state index contributed by atoms with van der Waals surface area (Å²) in [5, 5.41) is 13.9. The molecule has 0 aliphatic heterocycles. The van der Waals surface area contributed by atoms with Crippen LogP contribution in [0.5, 0.6) is 0 Å². The molecule has 0 saturated heterocycles. The first-order valence-electron chi connectivity index (χ1n) is 6.58. The monoisotopic (exact) mass is 336 g/mol. The number of para-hydroxylation sites is 1. The lowest BCUT2D eigenvalue weighted by Crippen LogP contribution is -2.32. The molecular weight excluding hydrogens is 324 g/mol. The molecule has 6 nitrogen and oxygen atoms in total. The normalized spacial score (nSPS) is 12.5. The number of nitrogens with zero attached hydrogens (tertiary/aromatic N) is 4. The Morgan fingerprint density at radius 3 is 2.68 bits per heavy atom. The fourth-order valence-electron chi connectivity index (χ4n) is 2.43. The van der Waals surface area contributed by atoms with Gasteiger partial charge in [0.1, 0.15) is 0 Å². The molecule has 2 aromatic heterocycles. The number of rotatable bonds is 3. The van der Waals surface area contributed by atoms with Gasteiger partial charge >= 0.3 is 6.09 Å². The first-order valence-corrected chi connectivity index (χ1v) is 7.77. The van der Waals surface area contributed by atoms with Gasteiger partial charge in [-0.2, -0.15) is 4.98 Å². The highest BCUT2D eigenvalue weighted by molar-refractivity contribution is 7.17. The van der Waals surface area contributed by atoms with E-state index >= 15 is 0 Å². The highest BCUT2D eigenvalue weighted by Gasteiger charge is 2.27. The number of halogens is 1. The summed E-state index contributed by atoms with van der Waals surface area (Å²) in [5.74, 6) is 0. The molecule has 8 heteroatoms. The number of carbonyl (C=O) groups is 1. The van der Waals surface area contributed by atoms with Gasteiger partial charge in [0.15, 0.2) is 0 Å². The predicted molar refractivity (Wildman–Crippen MR) is 86.0 cm³/mol. The molecule has 1 unspecified atom stereocenters. The van der Waals surface area contributed by atoms with Crippen molar-refractivity contribution in [2.24, 2.45) is 0 Å². The van der Waals surface area contributed by atoms with Gasteiger partial charge in [0.2, 0.25) is 10.2 Å². The standard InChI is InChI=1S/C14H13ClN4O2S/c1-8(18(14(20)21)10-6-4-3-5-7-10)11-9(2)19-13(22-11)16-12(15)17-19/h3-8H,1-2H3,(H,20,21). The molecule has 1 aromatic carbocycles. The van der Waals surface area contributed by atoms with Crippen LogP contribution in [0, 0.1) is 6.92 Å². The number of carboxylic acid groups (broad SMARTS) is 1. The van der Waals surface area contributed by atoms with Crippen LogP contribution in [0.15, 0.2) is 30.3 Å². The molecule has 0 bridgehead atoms. The Kier molecular flexibility index (Phi) is 3.76. The molecule has 3 aromatic rings. The first-order chi connectivity index (χ1) is 10.5. The number of thiazole rings is 1. The maximum Gasteiger partial charge on any atom is 0.412 e. The Hall–Kier alpha value is -2.12. The number of benzene rings is 1. The van der Waals surface area contributed by atoms with E-state index in [4.69, 9.17) is 11.6 Å². The number of fused-ring (bicyclic) bond motifs is 1. The van der Waals surface area contributed by atoms with Crippen LogP contribution < -0.4 is 4.90 Å². The van der Waals surface area contributed by atoms with Gasteiger partial charge in [0.05, 0.1) is 16.6 Å². The minimum atomic E-state index is -1.00. The smallest absolute Gasteiger partial charge is 0.412 e. The Labute approximate surface area is 135 Å². The number of aromatic nitrogens is 3. The molecule has 114 valence electrons. The number of hydrogen-bond acceptors (Lipinski definition) is 4. The van der Waals surface area contributed by atoms with Gasteiger partial charge in [-0.05, 0) is 37.6 Å². The van der Waals surface area contributed by atoms with E-state index in [0.29, 0.717) is 10.6 Å². The molecule has 1 amide bonds. The molecule has 3 rings (SSSR count). The van der Waals surface area contributed by atoms with Gasteiger partial charge in [-0.1, -0.05) is 29.5 Å². The minimum Gasteiger partial charge on any atom is -0.465 e. The molecule has 0 spiro atoms. The van der Waals surface area contributed by atoms with Crippen molar-refractivity contribution in [1.29, 1.82) is 0 Å². The molecular formula is C14H13ClN4O2S. The Balaban J connectivity index is 2.05. The number of aryl methyl sites for hydroxylation is 1. The zero-order valence-corrected chi connectivity index (χ0v) is 13.5. The van der Waals surface area contributed by atoms with Gasteiger partial charge < -0.3 is 5.11 Å². The third-order valence-electron chi connectivity index (χ3n) is 3.43. The zero-order chi connectivity index (χ0) is 15.9. The second-order valence-electron chi connectivity index (χ2n) is 4.79. The molecule has 0 aliphatic carbocycles. The van der Waals surface area contributed by atoms with Gasteiger partial charge in [-0.25, -0.2) is 9.31 Å². The van der Waals surface area contributed by atoms with Crippen molar-refractivity contribution in [3.8, 4) is 0 Å². The van der Waals surface area contributed by atoms with Gasteiger partial charge in [0, 0.05) is 5.69 Å². The van der Waals surface area contributed by atoms with Crippen molar-refractivity contribution in [1.82, 2.24) is 14.6 Å². The summed E-state index contributed by atoms with van der Waals surface area (Å²) in [7, 11) is 0. The molecule has 1 N–H and O–H groups in total. The van der Waals surface area contributed by atoms with Crippen molar-refractivity contribution < 1.29 is 9.90 Å². The number of hydrogen-bond donors (Lipinski definition) is 1. The SMILES string of the molecule is Cc1c(C(C)N(C(=O)O)c2ccccc2)sc2nc(Cl)nn12. The lowest BCUT2D eigenvalue weighted by molar-refractivity contribution is 0.199. The van der Waals surface area contributed by atoms with Crippen LogP contribution in [0.4, 0.5) is 10.5 Å². The van der Waals surface area contributed by atoms with Gasteiger partial charge in [-0.15, -0.1) is 5.10 Å². The van der Waals surface area contributed by atoms with Crippen LogP contribution in [0.3, 0.4) is 0 Å². The summed E-state index contributed by atoms with van der Waals surface area (Å²) < 4.78 is 1.64.